The van der Waals surface area contributed by atoms with Crippen molar-refractivity contribution in [3.8, 4) is 6.07 Å². The predicted octanol–water partition coefficient (Wildman–Crippen LogP) is 2.90. The summed E-state index contributed by atoms with van der Waals surface area (Å²) in [5.41, 5.74) is 1.72. The molecule has 2 heterocycles. The van der Waals surface area contributed by atoms with Gasteiger partial charge in [0.15, 0.2) is 0 Å². The Labute approximate surface area is 113 Å². The second kappa shape index (κ2) is 5.50. The maximum absolute atomic E-state index is 11.5. The van der Waals surface area contributed by atoms with Gasteiger partial charge in [-0.25, -0.2) is 9.78 Å². The Morgan fingerprint density at radius 2 is 2.42 bits per heavy atom. The Hall–Kier alpha value is -2.39. The minimum absolute atomic E-state index is 0.0727. The highest BCUT2D eigenvalue weighted by molar-refractivity contribution is 7.11. The second-order valence-corrected chi connectivity index (χ2v) is 4.52. The molecule has 0 atom stereocenters. The number of nitrogens with zero attached hydrogens (tertiary/aromatic N) is 2. The Kier molecular flexibility index (Phi) is 3.78. The van der Waals surface area contributed by atoms with E-state index in [4.69, 9.17) is 4.42 Å². The van der Waals surface area contributed by atoms with Crippen molar-refractivity contribution < 1.29 is 13.9 Å². The molecule has 5 nitrogen and oxygen atoms in total. The third-order valence-corrected chi connectivity index (χ3v) is 3.33. The highest BCUT2D eigenvalue weighted by Crippen LogP contribution is 2.23. The summed E-state index contributed by atoms with van der Waals surface area (Å²) in [7, 11) is 1.27. The summed E-state index contributed by atoms with van der Waals surface area (Å²) in [6.07, 6.45) is 2.94. The lowest BCUT2D eigenvalue weighted by atomic mass is 10.1. The van der Waals surface area contributed by atoms with Gasteiger partial charge in [-0.15, -0.1) is 11.3 Å². The summed E-state index contributed by atoms with van der Waals surface area (Å²) in [5, 5.41) is 11.6. The zero-order valence-electron chi connectivity index (χ0n) is 10.3. The van der Waals surface area contributed by atoms with E-state index < -0.39 is 5.97 Å². The molecule has 0 N–H and O–H groups in total. The zero-order valence-corrected chi connectivity index (χ0v) is 11.2. The summed E-state index contributed by atoms with van der Waals surface area (Å²) in [5.74, 6) is -0.507. The molecule has 0 saturated heterocycles. The van der Waals surface area contributed by atoms with E-state index in [0.717, 1.165) is 5.69 Å². The van der Waals surface area contributed by atoms with Gasteiger partial charge in [-0.1, -0.05) is 0 Å². The van der Waals surface area contributed by atoms with Gasteiger partial charge in [0.1, 0.15) is 11.1 Å². The quantitative estimate of drug-likeness (QED) is 0.635. The van der Waals surface area contributed by atoms with Crippen LogP contribution in [0.25, 0.3) is 11.6 Å². The van der Waals surface area contributed by atoms with Crippen LogP contribution < -0.4 is 0 Å². The van der Waals surface area contributed by atoms with Crippen LogP contribution in [-0.4, -0.2) is 18.1 Å². The van der Waals surface area contributed by atoms with E-state index in [-0.39, 0.29) is 5.76 Å². The van der Waals surface area contributed by atoms with E-state index in [9.17, 15) is 10.1 Å². The number of allylic oxidation sites excluding steroid dienone is 1. The van der Waals surface area contributed by atoms with E-state index >= 15 is 0 Å². The van der Waals surface area contributed by atoms with Gasteiger partial charge in [0.25, 0.3) is 0 Å². The summed E-state index contributed by atoms with van der Waals surface area (Å²) in [4.78, 5) is 15.7. The minimum atomic E-state index is -0.580. The van der Waals surface area contributed by atoms with Crippen molar-refractivity contribution in [3.05, 3.63) is 39.7 Å². The molecule has 0 radical (unpaired) electrons. The van der Waals surface area contributed by atoms with Gasteiger partial charge in [-0.2, -0.15) is 5.26 Å². The largest absolute Gasteiger partial charge is 0.463 e. The van der Waals surface area contributed by atoms with Crippen LogP contribution in [0.15, 0.2) is 22.1 Å². The van der Waals surface area contributed by atoms with Gasteiger partial charge in [-0.3, -0.25) is 0 Å². The number of hydrogen-bond donors (Lipinski definition) is 0. The maximum atomic E-state index is 11.5. The minimum Gasteiger partial charge on any atom is -0.463 e. The van der Waals surface area contributed by atoms with Gasteiger partial charge in [-0.05, 0) is 19.1 Å². The van der Waals surface area contributed by atoms with Crippen molar-refractivity contribution in [1.82, 2.24) is 4.98 Å². The average molecular weight is 274 g/mol. The number of furan rings is 1. The van der Waals surface area contributed by atoms with E-state index in [0.29, 0.717) is 16.1 Å². The number of carbonyl (C=O) groups excluding carboxylic acids is 1. The van der Waals surface area contributed by atoms with Gasteiger partial charge in [0.2, 0.25) is 5.76 Å². The van der Waals surface area contributed by atoms with Crippen LogP contribution in [0.5, 0.6) is 0 Å². The number of thiazole rings is 1. The summed E-state index contributed by atoms with van der Waals surface area (Å²) < 4.78 is 9.66. The fourth-order valence-electron chi connectivity index (χ4n) is 1.47. The molecule has 2 aromatic heterocycles. The van der Waals surface area contributed by atoms with E-state index in [2.05, 4.69) is 15.8 Å². The molecule has 0 aliphatic rings. The fraction of sp³-hybridized carbons (Fsp3) is 0.154. The zero-order chi connectivity index (χ0) is 13.8. The molecule has 0 fully saturated rings. The molecule has 0 aliphatic carbocycles. The predicted molar refractivity (Wildman–Crippen MR) is 70.4 cm³/mol. The van der Waals surface area contributed by atoms with E-state index in [1.165, 1.54) is 24.7 Å². The van der Waals surface area contributed by atoms with E-state index in [1.54, 1.807) is 12.1 Å². The van der Waals surface area contributed by atoms with Crippen molar-refractivity contribution >= 4 is 29.0 Å². The monoisotopic (exact) mass is 274 g/mol. The van der Waals surface area contributed by atoms with Crippen LogP contribution in [0.4, 0.5) is 0 Å². The lowest BCUT2D eigenvalue weighted by Crippen LogP contribution is -2.01. The van der Waals surface area contributed by atoms with Crippen LogP contribution in [-0.2, 0) is 4.74 Å². The normalized spacial score (nSPS) is 11.1. The van der Waals surface area contributed by atoms with Crippen LogP contribution in [0.2, 0.25) is 0 Å². The number of rotatable bonds is 3. The molecule has 0 spiro atoms. The van der Waals surface area contributed by atoms with Crippen molar-refractivity contribution in [2.75, 3.05) is 7.11 Å². The molecule has 0 aliphatic heterocycles. The Morgan fingerprint density at radius 3 is 3.00 bits per heavy atom. The lowest BCUT2D eigenvalue weighted by Gasteiger charge is -1.97. The van der Waals surface area contributed by atoms with Gasteiger partial charge in [0, 0.05) is 16.6 Å². The fourth-order valence-corrected chi connectivity index (χ4v) is 2.23. The van der Waals surface area contributed by atoms with Crippen LogP contribution in [0.3, 0.4) is 0 Å². The number of aromatic nitrogens is 1. The molecule has 96 valence electrons. The molecule has 0 unspecified atom stereocenters. The molecule has 2 rings (SSSR count). The number of methoxy groups -OCH3 is 1. The molecule has 0 bridgehead atoms. The standard InChI is InChI=1S/C13H10N2O3S/c1-8-7-19-12(15-8)10(6-14)5-9-3-4-18-11(9)13(16)17-2/h3-5,7H,1-2H3. The SMILES string of the molecule is COC(=O)c1occc1C=C(C#N)c1nc(C)cs1. The highest BCUT2D eigenvalue weighted by Gasteiger charge is 2.16. The number of aryl methyl sites for hydroxylation is 1. The van der Waals surface area contributed by atoms with E-state index in [1.807, 2.05) is 12.3 Å². The van der Waals surface area contributed by atoms with Crippen LogP contribution in [0.1, 0.15) is 26.8 Å². The van der Waals surface area contributed by atoms with Gasteiger partial charge >= 0.3 is 5.97 Å². The first kappa shape index (κ1) is 13.1. The molecule has 19 heavy (non-hydrogen) atoms. The third kappa shape index (κ3) is 2.72. The smallest absolute Gasteiger partial charge is 0.374 e. The average Bonchev–Trinajstić information content (AvgIpc) is 3.03. The summed E-state index contributed by atoms with van der Waals surface area (Å²) >= 11 is 1.38. The second-order valence-electron chi connectivity index (χ2n) is 3.66. The van der Waals surface area contributed by atoms with Gasteiger partial charge < -0.3 is 9.15 Å². The lowest BCUT2D eigenvalue weighted by molar-refractivity contribution is 0.0565. The Balaban J connectivity index is 2.42. The van der Waals surface area contributed by atoms with Crippen molar-refractivity contribution in [2.45, 2.75) is 6.92 Å². The molecule has 0 saturated carbocycles. The topological polar surface area (TPSA) is 76.1 Å². The number of carbonyl (C=O) groups is 1. The number of ether oxygens (including phenoxy) is 1. The van der Waals surface area contributed by atoms with Crippen LogP contribution in [0, 0.1) is 18.3 Å². The molecule has 6 heteroatoms. The summed E-state index contributed by atoms with van der Waals surface area (Å²) in [6.45, 7) is 1.85. The van der Waals surface area contributed by atoms with Crippen LogP contribution >= 0.6 is 11.3 Å². The molecule has 0 amide bonds. The summed E-state index contributed by atoms with van der Waals surface area (Å²) in [6, 6.07) is 3.67. The molecule has 2 aromatic rings. The van der Waals surface area contributed by atoms with Crippen molar-refractivity contribution in [3.63, 3.8) is 0 Å². The number of hydrogen-bond acceptors (Lipinski definition) is 6. The van der Waals surface area contributed by atoms with Crippen molar-refractivity contribution in [1.29, 1.82) is 5.26 Å². The molecule has 0 aromatic carbocycles. The number of nitriles is 1. The first-order valence-corrected chi connectivity index (χ1v) is 6.23. The molecular weight excluding hydrogens is 264 g/mol. The van der Waals surface area contributed by atoms with Crippen molar-refractivity contribution in [2.24, 2.45) is 0 Å². The highest BCUT2D eigenvalue weighted by atomic mass is 32.1. The van der Waals surface area contributed by atoms with Gasteiger partial charge in [0.05, 0.1) is 18.9 Å². The Morgan fingerprint density at radius 1 is 1.63 bits per heavy atom. The maximum Gasteiger partial charge on any atom is 0.374 e. The molecular formula is C13H10N2O3S. The first-order chi connectivity index (χ1) is 9.15. The third-order valence-electron chi connectivity index (χ3n) is 2.34. The Bertz CT molecular complexity index is 676. The first-order valence-electron chi connectivity index (χ1n) is 5.36. The number of esters is 1.